The Labute approximate surface area is 90.2 Å². The molecule has 1 rings (SSSR count). The van der Waals surface area contributed by atoms with E-state index >= 15 is 0 Å². The van der Waals surface area contributed by atoms with E-state index in [0.717, 1.165) is 11.4 Å². The highest BCUT2D eigenvalue weighted by atomic mass is 31.2. The summed E-state index contributed by atoms with van der Waals surface area (Å²) in [6.45, 7) is 0. The molecular formula is C9H17N4OP. The van der Waals surface area contributed by atoms with Crippen molar-refractivity contribution in [2.75, 3.05) is 30.7 Å². The van der Waals surface area contributed by atoms with Gasteiger partial charge in [-0.1, -0.05) is 0 Å². The summed E-state index contributed by atoms with van der Waals surface area (Å²) < 4.78 is 12.8. The summed E-state index contributed by atoms with van der Waals surface area (Å²) in [6, 6.07) is 7.51. The van der Waals surface area contributed by atoms with Crippen molar-refractivity contribution in [3.8, 4) is 0 Å². The van der Waals surface area contributed by atoms with E-state index in [1.165, 1.54) is 4.67 Å². The second kappa shape index (κ2) is 4.23. The molecule has 0 heterocycles. The van der Waals surface area contributed by atoms with Crippen LogP contribution in [0.25, 0.3) is 0 Å². The number of rotatable bonds is 3. The summed E-state index contributed by atoms with van der Waals surface area (Å²) in [5, 5.41) is 0. The van der Waals surface area contributed by atoms with Crippen LogP contribution in [0.5, 0.6) is 0 Å². The molecule has 0 radical (unpaired) electrons. The fourth-order valence-corrected chi connectivity index (χ4v) is 1.64. The van der Waals surface area contributed by atoms with Crippen LogP contribution in [-0.2, 0) is 4.57 Å². The topological polar surface area (TPSA) is 75.6 Å². The molecule has 0 bridgehead atoms. The molecule has 0 aliphatic rings. The van der Waals surface area contributed by atoms with Crippen LogP contribution in [0.2, 0.25) is 0 Å². The quantitative estimate of drug-likeness (QED) is 0.760. The molecule has 0 aliphatic carbocycles. The molecule has 6 heteroatoms. The minimum Gasteiger partial charge on any atom is -0.378 e. The number of hydrogen-bond donors (Lipinski definition) is 2. The molecule has 0 fully saturated rings. The first-order valence-electron chi connectivity index (χ1n) is 4.51. The van der Waals surface area contributed by atoms with E-state index in [-0.39, 0.29) is 0 Å². The average molecular weight is 228 g/mol. The second-order valence-corrected chi connectivity index (χ2v) is 5.55. The number of nitrogens with two attached hydrogens (primary N) is 2. The molecule has 1 aromatic carbocycles. The summed E-state index contributed by atoms with van der Waals surface area (Å²) in [6.07, 6.45) is 0. The van der Waals surface area contributed by atoms with Crippen LogP contribution < -0.4 is 20.6 Å². The van der Waals surface area contributed by atoms with Crippen molar-refractivity contribution in [1.29, 1.82) is 0 Å². The summed E-state index contributed by atoms with van der Waals surface area (Å²) in [5.74, 6) is 0. The monoisotopic (exact) mass is 228 g/mol. The van der Waals surface area contributed by atoms with Gasteiger partial charge in [-0.25, -0.2) is 0 Å². The zero-order valence-electron chi connectivity index (χ0n) is 9.21. The third-order valence-corrected chi connectivity index (χ3v) is 3.38. The van der Waals surface area contributed by atoms with E-state index in [4.69, 9.17) is 11.0 Å². The molecule has 0 aromatic heterocycles. The largest absolute Gasteiger partial charge is 0.378 e. The standard InChI is InChI=1S/C9H17N4OP/c1-12(2)8-4-6-9(7-5-8)13(3)15(10,11)14/h4-7H,1-3H3,(H4,10,11,14). The molecule has 0 amide bonds. The maximum Gasteiger partial charge on any atom is 0.300 e. The zero-order chi connectivity index (χ0) is 11.6. The maximum atomic E-state index is 11.4. The van der Waals surface area contributed by atoms with Crippen molar-refractivity contribution in [3.63, 3.8) is 0 Å². The minimum absolute atomic E-state index is 0.744. The lowest BCUT2D eigenvalue weighted by Gasteiger charge is -2.23. The van der Waals surface area contributed by atoms with Crippen LogP contribution in [0.4, 0.5) is 11.4 Å². The Hall–Kier alpha value is -1.03. The van der Waals surface area contributed by atoms with Crippen LogP contribution in [0.15, 0.2) is 24.3 Å². The van der Waals surface area contributed by atoms with Gasteiger partial charge in [0.15, 0.2) is 0 Å². The lowest BCUT2D eigenvalue weighted by Crippen LogP contribution is -2.24. The predicted molar refractivity (Wildman–Crippen MR) is 65.2 cm³/mol. The fourth-order valence-electron chi connectivity index (χ4n) is 1.15. The first-order chi connectivity index (χ1) is 6.82. The fraction of sp³-hybridized carbons (Fsp3) is 0.333. The molecule has 0 unspecified atom stereocenters. The van der Waals surface area contributed by atoms with E-state index < -0.39 is 7.59 Å². The van der Waals surface area contributed by atoms with Crippen molar-refractivity contribution in [2.24, 2.45) is 11.0 Å². The molecule has 0 atom stereocenters. The van der Waals surface area contributed by atoms with E-state index in [1.54, 1.807) is 7.05 Å². The van der Waals surface area contributed by atoms with Gasteiger partial charge in [0.2, 0.25) is 0 Å². The molecule has 0 aliphatic heterocycles. The van der Waals surface area contributed by atoms with Crippen LogP contribution >= 0.6 is 7.59 Å². The minimum atomic E-state index is -3.20. The first-order valence-corrected chi connectivity index (χ1v) is 6.31. The summed E-state index contributed by atoms with van der Waals surface area (Å²) in [4.78, 5) is 1.98. The smallest absolute Gasteiger partial charge is 0.300 e. The molecule has 84 valence electrons. The summed E-state index contributed by atoms with van der Waals surface area (Å²) in [7, 11) is 2.33. The van der Waals surface area contributed by atoms with Gasteiger partial charge in [0.05, 0.1) is 0 Å². The van der Waals surface area contributed by atoms with Gasteiger partial charge in [0.1, 0.15) is 0 Å². The summed E-state index contributed by atoms with van der Waals surface area (Å²) >= 11 is 0. The van der Waals surface area contributed by atoms with Gasteiger partial charge < -0.3 is 9.57 Å². The number of anilines is 2. The van der Waals surface area contributed by atoms with E-state index in [1.807, 2.05) is 43.3 Å². The third-order valence-electron chi connectivity index (χ3n) is 2.21. The van der Waals surface area contributed by atoms with Gasteiger partial charge in [-0.15, -0.1) is 0 Å². The molecular weight excluding hydrogens is 211 g/mol. The van der Waals surface area contributed by atoms with Crippen LogP contribution in [0.1, 0.15) is 0 Å². The molecule has 0 saturated heterocycles. The van der Waals surface area contributed by atoms with Gasteiger partial charge in [0, 0.05) is 32.5 Å². The van der Waals surface area contributed by atoms with Crippen LogP contribution in [0.3, 0.4) is 0 Å². The van der Waals surface area contributed by atoms with Crippen molar-refractivity contribution < 1.29 is 4.57 Å². The average Bonchev–Trinajstić information content (AvgIpc) is 2.15. The third kappa shape index (κ3) is 2.96. The highest BCUT2D eigenvalue weighted by Crippen LogP contribution is 2.35. The molecule has 4 N–H and O–H groups in total. The second-order valence-electron chi connectivity index (χ2n) is 3.61. The number of nitrogens with zero attached hydrogens (tertiary/aromatic N) is 2. The zero-order valence-corrected chi connectivity index (χ0v) is 10.1. The Bertz CT molecular complexity index is 370. The predicted octanol–water partition coefficient (Wildman–Crippen LogP) is 1.21. The van der Waals surface area contributed by atoms with Crippen molar-refractivity contribution >= 4 is 19.0 Å². The van der Waals surface area contributed by atoms with Crippen molar-refractivity contribution in [1.82, 2.24) is 0 Å². The molecule has 15 heavy (non-hydrogen) atoms. The Morgan fingerprint density at radius 1 is 1.00 bits per heavy atom. The van der Waals surface area contributed by atoms with Gasteiger partial charge in [-0.3, -0.25) is 15.6 Å². The van der Waals surface area contributed by atoms with Crippen LogP contribution in [-0.4, -0.2) is 21.1 Å². The van der Waals surface area contributed by atoms with Gasteiger partial charge in [0.25, 0.3) is 7.59 Å². The molecule has 1 aromatic rings. The van der Waals surface area contributed by atoms with Gasteiger partial charge in [-0.2, -0.15) is 0 Å². The first kappa shape index (κ1) is 12.0. The van der Waals surface area contributed by atoms with Gasteiger partial charge >= 0.3 is 0 Å². The summed E-state index contributed by atoms with van der Waals surface area (Å²) in [5.41, 5.74) is 12.5. The Morgan fingerprint density at radius 2 is 1.40 bits per heavy atom. The molecule has 5 nitrogen and oxygen atoms in total. The van der Waals surface area contributed by atoms with Crippen molar-refractivity contribution in [3.05, 3.63) is 24.3 Å². The Morgan fingerprint density at radius 3 is 1.73 bits per heavy atom. The highest BCUT2D eigenvalue weighted by Gasteiger charge is 2.16. The van der Waals surface area contributed by atoms with Crippen LogP contribution in [0, 0.1) is 0 Å². The SMILES string of the molecule is CN(C)c1ccc(N(C)P(N)(N)=O)cc1. The normalized spacial score (nSPS) is 11.3. The lowest BCUT2D eigenvalue weighted by atomic mass is 10.3. The maximum absolute atomic E-state index is 11.4. The Kier molecular flexibility index (Phi) is 3.39. The van der Waals surface area contributed by atoms with E-state index in [2.05, 4.69) is 0 Å². The van der Waals surface area contributed by atoms with Gasteiger partial charge in [-0.05, 0) is 24.3 Å². The van der Waals surface area contributed by atoms with E-state index in [0.29, 0.717) is 0 Å². The lowest BCUT2D eigenvalue weighted by molar-refractivity contribution is 0.575. The molecule has 0 saturated carbocycles. The van der Waals surface area contributed by atoms with Crippen molar-refractivity contribution in [2.45, 2.75) is 0 Å². The number of hydrogen-bond acceptors (Lipinski definition) is 2. The Balaban J connectivity index is 2.94. The molecule has 0 spiro atoms. The van der Waals surface area contributed by atoms with E-state index in [9.17, 15) is 4.57 Å². The highest BCUT2D eigenvalue weighted by molar-refractivity contribution is 7.60. The number of benzene rings is 1.